The van der Waals surface area contributed by atoms with E-state index < -0.39 is 0 Å². The molecule has 0 bridgehead atoms. The van der Waals surface area contributed by atoms with E-state index in [0.29, 0.717) is 17.5 Å². The second-order valence-electron chi connectivity index (χ2n) is 16.0. The lowest BCUT2D eigenvalue weighted by Crippen LogP contribution is -2.14. The van der Waals surface area contributed by atoms with Gasteiger partial charge in [-0.2, -0.15) is 0 Å². The summed E-state index contributed by atoms with van der Waals surface area (Å²) in [7, 11) is 0. The molecule has 0 N–H and O–H groups in total. The fourth-order valence-corrected chi connectivity index (χ4v) is 9.39. The van der Waals surface area contributed by atoms with E-state index in [2.05, 4.69) is 172 Å². The first-order valence-corrected chi connectivity index (χ1v) is 19.8. The summed E-state index contributed by atoms with van der Waals surface area (Å²) in [5, 5.41) is 9.27. The molecule has 0 radical (unpaired) electrons. The normalized spacial score (nSPS) is 13.1. The number of furan rings is 1. The van der Waals surface area contributed by atoms with Crippen molar-refractivity contribution in [3.8, 4) is 56.4 Å². The first-order valence-electron chi connectivity index (χ1n) is 19.8. The van der Waals surface area contributed by atoms with Crippen LogP contribution in [0, 0.1) is 0 Å². The van der Waals surface area contributed by atoms with E-state index in [1.165, 1.54) is 54.6 Å². The van der Waals surface area contributed by atoms with Crippen molar-refractivity contribution in [3.63, 3.8) is 0 Å². The molecule has 1 aliphatic carbocycles. The van der Waals surface area contributed by atoms with Gasteiger partial charge in [-0.05, 0) is 96.0 Å². The molecule has 4 nitrogen and oxygen atoms in total. The highest BCUT2D eigenvalue weighted by Crippen LogP contribution is 2.51. The average Bonchev–Trinajstić information content (AvgIpc) is 3.76. The van der Waals surface area contributed by atoms with Crippen LogP contribution in [-0.4, -0.2) is 15.0 Å². The molecule has 12 rings (SSSR count). The molecule has 0 saturated heterocycles. The van der Waals surface area contributed by atoms with Gasteiger partial charge in [0.1, 0.15) is 11.2 Å². The summed E-state index contributed by atoms with van der Waals surface area (Å²) in [4.78, 5) is 15.9. The van der Waals surface area contributed by atoms with Gasteiger partial charge in [-0.15, -0.1) is 0 Å². The SMILES string of the molecule is CC1(C)c2ccccc2-c2cc3c(cc21)oc1cccc(-c2nc(-c4cccc(-c5ccccc5)c4)nc(-c4ccc5ccc6ccc7ccccc7c6c5c4)n2)c13. The maximum Gasteiger partial charge on any atom is 0.164 e. The van der Waals surface area contributed by atoms with Crippen LogP contribution < -0.4 is 0 Å². The molecule has 2 heterocycles. The topological polar surface area (TPSA) is 51.8 Å². The molecule has 0 atom stereocenters. The number of hydrogen-bond acceptors (Lipinski definition) is 4. The summed E-state index contributed by atoms with van der Waals surface area (Å²) < 4.78 is 6.68. The standard InChI is InChI=1S/C54H35N3O/c1-54(2)45-20-9-8-18-40(45)43-30-44-48(31-46(43)54)58-47-21-11-19-41(50(44)47)53-56-51(37-16-10-15-36(28-37)32-12-4-3-5-13-32)55-52(57-53)38-27-24-34-23-26-35-25-22-33-14-6-7-17-39(33)49(35)42(34)29-38/h3-31H,1-2H3. The molecular weight excluding hydrogens is 707 g/mol. The van der Waals surface area contributed by atoms with Crippen LogP contribution >= 0.6 is 0 Å². The van der Waals surface area contributed by atoms with Crippen LogP contribution in [0.15, 0.2) is 180 Å². The molecule has 1 aliphatic rings. The van der Waals surface area contributed by atoms with E-state index in [-0.39, 0.29) is 5.41 Å². The van der Waals surface area contributed by atoms with Crippen LogP contribution in [0.1, 0.15) is 25.0 Å². The molecule has 11 aromatic rings. The second kappa shape index (κ2) is 12.3. The van der Waals surface area contributed by atoms with Crippen molar-refractivity contribution < 1.29 is 4.42 Å². The van der Waals surface area contributed by atoms with Gasteiger partial charge in [0.2, 0.25) is 0 Å². The Morgan fingerprint density at radius 3 is 1.86 bits per heavy atom. The third-order valence-electron chi connectivity index (χ3n) is 12.3. The van der Waals surface area contributed by atoms with Crippen LogP contribution in [0.25, 0.3) is 111 Å². The molecule has 0 unspecified atom stereocenters. The van der Waals surface area contributed by atoms with Gasteiger partial charge in [-0.1, -0.05) is 159 Å². The first-order chi connectivity index (χ1) is 28.5. The van der Waals surface area contributed by atoms with Crippen molar-refractivity contribution in [1.29, 1.82) is 0 Å². The Labute approximate surface area is 335 Å². The second-order valence-corrected chi connectivity index (χ2v) is 16.0. The minimum atomic E-state index is -0.133. The molecule has 0 fully saturated rings. The molecule has 0 saturated carbocycles. The number of aromatic nitrogens is 3. The highest BCUT2D eigenvalue weighted by atomic mass is 16.3. The van der Waals surface area contributed by atoms with Gasteiger partial charge in [-0.25, -0.2) is 15.0 Å². The van der Waals surface area contributed by atoms with Crippen molar-refractivity contribution in [1.82, 2.24) is 15.0 Å². The van der Waals surface area contributed by atoms with E-state index in [1.807, 2.05) is 18.2 Å². The van der Waals surface area contributed by atoms with Gasteiger partial charge < -0.3 is 4.42 Å². The fourth-order valence-electron chi connectivity index (χ4n) is 9.39. The lowest BCUT2D eigenvalue weighted by atomic mass is 9.82. The molecule has 4 heteroatoms. The lowest BCUT2D eigenvalue weighted by Gasteiger charge is -2.21. The van der Waals surface area contributed by atoms with E-state index >= 15 is 0 Å². The summed E-state index contributed by atoms with van der Waals surface area (Å²) in [6.07, 6.45) is 0. The predicted molar refractivity (Wildman–Crippen MR) is 239 cm³/mol. The van der Waals surface area contributed by atoms with Crippen molar-refractivity contribution in [3.05, 3.63) is 187 Å². The van der Waals surface area contributed by atoms with Gasteiger partial charge in [-0.3, -0.25) is 0 Å². The van der Waals surface area contributed by atoms with Crippen LogP contribution in [0.4, 0.5) is 0 Å². The quantitative estimate of drug-likeness (QED) is 0.169. The van der Waals surface area contributed by atoms with Crippen LogP contribution in [0.2, 0.25) is 0 Å². The van der Waals surface area contributed by atoms with Crippen LogP contribution in [0.5, 0.6) is 0 Å². The summed E-state index contributed by atoms with van der Waals surface area (Å²) in [6.45, 7) is 4.60. The number of benzene rings is 9. The molecule has 0 spiro atoms. The van der Waals surface area contributed by atoms with Crippen molar-refractivity contribution in [2.75, 3.05) is 0 Å². The summed E-state index contributed by atoms with van der Waals surface area (Å²) >= 11 is 0. The van der Waals surface area contributed by atoms with E-state index in [0.717, 1.165) is 49.8 Å². The number of rotatable bonds is 4. The molecular formula is C54H35N3O. The zero-order valence-corrected chi connectivity index (χ0v) is 32.0. The summed E-state index contributed by atoms with van der Waals surface area (Å²) in [5.41, 5.74) is 11.7. The number of fused-ring (bicyclic) bond motifs is 11. The Kier molecular flexibility index (Phi) is 6.94. The Morgan fingerprint density at radius 1 is 0.362 bits per heavy atom. The molecule has 2 aromatic heterocycles. The monoisotopic (exact) mass is 741 g/mol. The Morgan fingerprint density at radius 2 is 1.00 bits per heavy atom. The third-order valence-corrected chi connectivity index (χ3v) is 12.3. The summed E-state index contributed by atoms with van der Waals surface area (Å²) in [5.74, 6) is 1.83. The average molecular weight is 742 g/mol. The Bertz CT molecular complexity index is 3480. The Balaban J connectivity index is 1.11. The molecule has 0 amide bonds. The van der Waals surface area contributed by atoms with Crippen molar-refractivity contribution in [2.24, 2.45) is 0 Å². The molecule has 272 valence electrons. The van der Waals surface area contributed by atoms with Gasteiger partial charge in [0.25, 0.3) is 0 Å². The highest BCUT2D eigenvalue weighted by Gasteiger charge is 2.36. The smallest absolute Gasteiger partial charge is 0.164 e. The Hall–Kier alpha value is -7.43. The molecule has 9 aromatic carbocycles. The zero-order chi connectivity index (χ0) is 38.5. The maximum absolute atomic E-state index is 6.68. The van der Waals surface area contributed by atoms with Gasteiger partial charge in [0.05, 0.1) is 0 Å². The third kappa shape index (κ3) is 4.91. The van der Waals surface area contributed by atoms with Gasteiger partial charge in [0.15, 0.2) is 17.5 Å². The number of hydrogen-bond donors (Lipinski definition) is 0. The van der Waals surface area contributed by atoms with Crippen molar-refractivity contribution >= 4 is 54.3 Å². The molecule has 58 heavy (non-hydrogen) atoms. The van der Waals surface area contributed by atoms with Crippen LogP contribution in [0.3, 0.4) is 0 Å². The lowest BCUT2D eigenvalue weighted by molar-refractivity contribution is 0.647. The minimum absolute atomic E-state index is 0.133. The largest absolute Gasteiger partial charge is 0.456 e. The van der Waals surface area contributed by atoms with E-state index in [4.69, 9.17) is 19.4 Å². The van der Waals surface area contributed by atoms with E-state index in [1.54, 1.807) is 0 Å². The van der Waals surface area contributed by atoms with Gasteiger partial charge >= 0.3 is 0 Å². The minimum Gasteiger partial charge on any atom is -0.456 e. The number of nitrogens with zero attached hydrogens (tertiary/aromatic N) is 3. The van der Waals surface area contributed by atoms with Gasteiger partial charge in [0, 0.05) is 32.9 Å². The van der Waals surface area contributed by atoms with E-state index in [9.17, 15) is 0 Å². The maximum atomic E-state index is 6.68. The fraction of sp³-hybridized carbons (Fsp3) is 0.0556. The summed E-state index contributed by atoms with van der Waals surface area (Å²) in [6, 6.07) is 62.5. The molecule has 0 aliphatic heterocycles. The highest BCUT2D eigenvalue weighted by molar-refractivity contribution is 6.20. The van der Waals surface area contributed by atoms with Crippen molar-refractivity contribution in [2.45, 2.75) is 19.3 Å². The predicted octanol–water partition coefficient (Wildman–Crippen LogP) is 14.2. The van der Waals surface area contributed by atoms with Crippen LogP contribution in [-0.2, 0) is 5.41 Å². The first kappa shape index (κ1) is 32.8. The zero-order valence-electron chi connectivity index (χ0n) is 32.0.